The average molecular weight is 242 g/mol. The monoisotopic (exact) mass is 241 g/mol. The third-order valence-electron chi connectivity index (χ3n) is 2.51. The quantitative estimate of drug-likeness (QED) is 0.828. The Kier molecular flexibility index (Phi) is 5.74. The summed E-state index contributed by atoms with van der Waals surface area (Å²) in [7, 11) is 4.18. The van der Waals surface area contributed by atoms with Crippen molar-refractivity contribution >= 4 is 11.6 Å². The fourth-order valence-electron chi connectivity index (χ4n) is 1.39. The number of nitrogens with zero attached hydrogens (tertiary/aromatic N) is 2. The number of aromatic nitrogens is 1. The van der Waals surface area contributed by atoms with Gasteiger partial charge < -0.3 is 10.2 Å². The van der Waals surface area contributed by atoms with E-state index < -0.39 is 0 Å². The molecule has 0 aliphatic heterocycles. The molecule has 0 fully saturated rings. The Morgan fingerprint density at radius 1 is 1.50 bits per heavy atom. The predicted molar refractivity (Wildman–Crippen MR) is 68.7 cm³/mol. The van der Waals surface area contributed by atoms with E-state index in [1.807, 2.05) is 6.07 Å². The molecule has 0 aliphatic carbocycles. The van der Waals surface area contributed by atoms with Crippen LogP contribution in [0.15, 0.2) is 18.5 Å². The minimum atomic E-state index is 0.492. The van der Waals surface area contributed by atoms with Crippen LogP contribution < -0.4 is 5.32 Å². The van der Waals surface area contributed by atoms with Gasteiger partial charge in [0, 0.05) is 25.0 Å². The lowest BCUT2D eigenvalue weighted by Gasteiger charge is -2.17. The van der Waals surface area contributed by atoms with Crippen molar-refractivity contribution in [3.63, 3.8) is 0 Å². The van der Waals surface area contributed by atoms with Crippen LogP contribution in [0.4, 0.5) is 0 Å². The fourth-order valence-corrected chi connectivity index (χ4v) is 1.57. The van der Waals surface area contributed by atoms with Crippen LogP contribution in [0.2, 0.25) is 5.02 Å². The molecule has 0 saturated carbocycles. The van der Waals surface area contributed by atoms with Crippen molar-refractivity contribution in [1.82, 2.24) is 15.2 Å². The van der Waals surface area contributed by atoms with E-state index in [4.69, 9.17) is 11.6 Å². The van der Waals surface area contributed by atoms with Gasteiger partial charge in [0.2, 0.25) is 0 Å². The molecule has 1 atom stereocenters. The van der Waals surface area contributed by atoms with Gasteiger partial charge in [-0.25, -0.2) is 0 Å². The van der Waals surface area contributed by atoms with Gasteiger partial charge in [-0.1, -0.05) is 11.6 Å². The summed E-state index contributed by atoms with van der Waals surface area (Å²) in [4.78, 5) is 6.16. The number of hydrogen-bond acceptors (Lipinski definition) is 3. The van der Waals surface area contributed by atoms with Crippen molar-refractivity contribution in [2.75, 3.05) is 20.6 Å². The highest BCUT2D eigenvalue weighted by atomic mass is 35.5. The van der Waals surface area contributed by atoms with Crippen LogP contribution in [0.3, 0.4) is 0 Å². The van der Waals surface area contributed by atoms with Crippen LogP contribution in [-0.2, 0) is 6.54 Å². The molecule has 0 aliphatic rings. The van der Waals surface area contributed by atoms with Crippen molar-refractivity contribution in [1.29, 1.82) is 0 Å². The van der Waals surface area contributed by atoms with Gasteiger partial charge in [-0.05, 0) is 45.6 Å². The van der Waals surface area contributed by atoms with E-state index in [0.29, 0.717) is 6.04 Å². The van der Waals surface area contributed by atoms with Crippen LogP contribution in [0.5, 0.6) is 0 Å². The lowest BCUT2D eigenvalue weighted by molar-refractivity contribution is 0.365. The Morgan fingerprint density at radius 3 is 2.88 bits per heavy atom. The first kappa shape index (κ1) is 13.4. The van der Waals surface area contributed by atoms with Crippen molar-refractivity contribution in [3.8, 4) is 0 Å². The molecule has 1 heterocycles. The molecule has 1 rings (SSSR count). The summed E-state index contributed by atoms with van der Waals surface area (Å²) in [6, 6.07) is 2.44. The van der Waals surface area contributed by atoms with Gasteiger partial charge in [0.05, 0.1) is 5.02 Å². The summed E-state index contributed by atoms with van der Waals surface area (Å²) >= 11 is 6.02. The van der Waals surface area contributed by atoms with Crippen LogP contribution in [-0.4, -0.2) is 36.6 Å². The molecule has 3 nitrogen and oxygen atoms in total. The molecule has 0 spiro atoms. The van der Waals surface area contributed by atoms with E-state index in [1.54, 1.807) is 12.4 Å². The van der Waals surface area contributed by atoms with E-state index in [0.717, 1.165) is 30.1 Å². The second kappa shape index (κ2) is 6.84. The first-order valence-electron chi connectivity index (χ1n) is 5.56. The van der Waals surface area contributed by atoms with Crippen molar-refractivity contribution in [2.24, 2.45) is 0 Å². The van der Waals surface area contributed by atoms with Gasteiger partial charge in [0.1, 0.15) is 0 Å². The van der Waals surface area contributed by atoms with Crippen molar-refractivity contribution in [2.45, 2.75) is 25.9 Å². The predicted octanol–water partition coefficient (Wildman–Crippen LogP) is 2.16. The standard InChI is InChI=1S/C12H20ClN3/c1-10(5-7-16(2)3)15-8-11-4-6-14-9-12(11)13/h4,6,9-10,15H,5,7-8H2,1-3H3. The summed E-state index contributed by atoms with van der Waals surface area (Å²) < 4.78 is 0. The third-order valence-corrected chi connectivity index (χ3v) is 2.85. The average Bonchev–Trinajstić information content (AvgIpc) is 2.25. The molecule has 90 valence electrons. The molecule has 1 aromatic rings. The molecular formula is C12H20ClN3. The highest BCUT2D eigenvalue weighted by Gasteiger charge is 2.04. The van der Waals surface area contributed by atoms with Gasteiger partial charge in [-0.2, -0.15) is 0 Å². The van der Waals surface area contributed by atoms with Crippen molar-refractivity contribution < 1.29 is 0 Å². The van der Waals surface area contributed by atoms with Crippen LogP contribution >= 0.6 is 11.6 Å². The first-order valence-corrected chi connectivity index (χ1v) is 5.94. The lowest BCUT2D eigenvalue weighted by Crippen LogP contribution is -2.29. The van der Waals surface area contributed by atoms with Gasteiger partial charge in [0.15, 0.2) is 0 Å². The number of rotatable bonds is 6. The first-order chi connectivity index (χ1) is 7.59. The Morgan fingerprint density at radius 2 is 2.25 bits per heavy atom. The molecule has 16 heavy (non-hydrogen) atoms. The summed E-state index contributed by atoms with van der Waals surface area (Å²) in [5.74, 6) is 0. The number of pyridine rings is 1. The Bertz CT molecular complexity index is 315. The number of halogens is 1. The molecule has 0 amide bonds. The summed E-state index contributed by atoms with van der Waals surface area (Å²) in [6.45, 7) is 4.09. The maximum Gasteiger partial charge on any atom is 0.0634 e. The largest absolute Gasteiger partial charge is 0.310 e. The Balaban J connectivity index is 2.31. The van der Waals surface area contributed by atoms with E-state index in [-0.39, 0.29) is 0 Å². The molecule has 1 N–H and O–H groups in total. The lowest BCUT2D eigenvalue weighted by atomic mass is 10.2. The van der Waals surface area contributed by atoms with Gasteiger partial charge >= 0.3 is 0 Å². The maximum atomic E-state index is 6.02. The Labute approximate surface area is 103 Å². The molecule has 0 saturated heterocycles. The summed E-state index contributed by atoms with van der Waals surface area (Å²) in [5, 5.41) is 4.19. The molecule has 0 bridgehead atoms. The fraction of sp³-hybridized carbons (Fsp3) is 0.583. The minimum absolute atomic E-state index is 0.492. The SMILES string of the molecule is CC(CCN(C)C)NCc1ccncc1Cl. The molecule has 0 radical (unpaired) electrons. The zero-order valence-corrected chi connectivity index (χ0v) is 11.0. The van der Waals surface area contributed by atoms with Crippen molar-refractivity contribution in [3.05, 3.63) is 29.0 Å². The number of hydrogen-bond donors (Lipinski definition) is 1. The van der Waals surface area contributed by atoms with Gasteiger partial charge in [0.25, 0.3) is 0 Å². The zero-order chi connectivity index (χ0) is 12.0. The normalized spacial score (nSPS) is 13.1. The minimum Gasteiger partial charge on any atom is -0.310 e. The molecular weight excluding hydrogens is 222 g/mol. The second-order valence-electron chi connectivity index (χ2n) is 4.34. The second-order valence-corrected chi connectivity index (χ2v) is 4.75. The smallest absolute Gasteiger partial charge is 0.0634 e. The van der Waals surface area contributed by atoms with E-state index in [2.05, 4.69) is 36.2 Å². The molecule has 4 heteroatoms. The highest BCUT2D eigenvalue weighted by molar-refractivity contribution is 6.31. The third kappa shape index (κ3) is 4.92. The molecule has 1 unspecified atom stereocenters. The maximum absolute atomic E-state index is 6.02. The van der Waals surface area contributed by atoms with E-state index in [1.165, 1.54) is 0 Å². The van der Waals surface area contributed by atoms with Gasteiger partial charge in [-0.15, -0.1) is 0 Å². The van der Waals surface area contributed by atoms with E-state index >= 15 is 0 Å². The van der Waals surface area contributed by atoms with Crippen LogP contribution in [0.25, 0.3) is 0 Å². The molecule has 0 aromatic carbocycles. The Hall–Kier alpha value is -0.640. The topological polar surface area (TPSA) is 28.2 Å². The number of nitrogens with one attached hydrogen (secondary N) is 1. The summed E-state index contributed by atoms with van der Waals surface area (Å²) in [6.07, 6.45) is 4.59. The van der Waals surface area contributed by atoms with Crippen LogP contribution in [0.1, 0.15) is 18.9 Å². The summed E-state index contributed by atoms with van der Waals surface area (Å²) in [5.41, 5.74) is 1.10. The zero-order valence-electron chi connectivity index (χ0n) is 10.2. The molecule has 1 aromatic heterocycles. The van der Waals surface area contributed by atoms with E-state index in [9.17, 15) is 0 Å². The van der Waals surface area contributed by atoms with Crippen LogP contribution in [0, 0.1) is 0 Å². The van der Waals surface area contributed by atoms with Gasteiger partial charge in [-0.3, -0.25) is 4.98 Å². The highest BCUT2D eigenvalue weighted by Crippen LogP contribution is 2.13.